The van der Waals surface area contributed by atoms with Crippen molar-refractivity contribution in [2.75, 3.05) is 31.5 Å². The van der Waals surface area contributed by atoms with Crippen molar-refractivity contribution < 1.29 is 9.59 Å². The molecule has 3 amide bonds. The number of piperidine rings is 1. The Morgan fingerprint density at radius 2 is 2.03 bits per heavy atom. The summed E-state index contributed by atoms with van der Waals surface area (Å²) < 4.78 is 1.84. The quantitative estimate of drug-likeness (QED) is 0.635. The lowest BCUT2D eigenvalue weighted by Crippen LogP contribution is -2.48. The number of anilines is 1. The number of likely N-dealkylation sites (tertiary alicyclic amines) is 1. The average molecular weight is 399 g/mol. The molecule has 1 saturated heterocycles. The number of nitrogens with one attached hydrogen (secondary N) is 3. The Hall–Kier alpha value is -2.87. The molecule has 0 spiro atoms. The Balaban J connectivity index is 1.41. The van der Waals surface area contributed by atoms with Crippen LogP contribution >= 0.6 is 0 Å². The Bertz CT molecular complexity index is 784. The Morgan fingerprint density at radius 1 is 1.21 bits per heavy atom. The van der Waals surface area contributed by atoms with Crippen LogP contribution in [0.25, 0.3) is 0 Å². The number of benzene rings is 1. The molecule has 1 aliphatic rings. The van der Waals surface area contributed by atoms with Gasteiger partial charge in [-0.15, -0.1) is 0 Å². The van der Waals surface area contributed by atoms with Gasteiger partial charge in [0.05, 0.1) is 13.1 Å². The highest BCUT2D eigenvalue weighted by Gasteiger charge is 2.22. The molecule has 156 valence electrons. The molecule has 0 unspecified atom stereocenters. The normalized spacial score (nSPS) is 15.1. The van der Waals surface area contributed by atoms with Crippen LogP contribution in [0.4, 0.5) is 10.5 Å². The van der Waals surface area contributed by atoms with E-state index in [2.05, 4.69) is 25.9 Å². The molecule has 1 aromatic heterocycles. The minimum Gasteiger partial charge on any atom is -0.355 e. The van der Waals surface area contributed by atoms with Crippen LogP contribution in [0.15, 0.2) is 42.7 Å². The molecule has 0 atom stereocenters. The number of rotatable bonds is 8. The number of urea groups is 1. The van der Waals surface area contributed by atoms with E-state index < -0.39 is 0 Å². The first-order chi connectivity index (χ1) is 14.1. The van der Waals surface area contributed by atoms with Gasteiger partial charge >= 0.3 is 6.03 Å². The second kappa shape index (κ2) is 10.6. The third-order valence-corrected chi connectivity index (χ3v) is 4.95. The maximum atomic E-state index is 12.4. The maximum absolute atomic E-state index is 12.4. The summed E-state index contributed by atoms with van der Waals surface area (Å²) in [6.07, 6.45) is 6.28. The Kier molecular flexibility index (Phi) is 7.63. The second-order valence-corrected chi connectivity index (χ2v) is 7.40. The summed E-state index contributed by atoms with van der Waals surface area (Å²) in [6, 6.07) is 9.59. The van der Waals surface area contributed by atoms with Crippen LogP contribution in [-0.4, -0.2) is 58.8 Å². The molecule has 3 N–H and O–H groups in total. The zero-order chi connectivity index (χ0) is 20.5. The number of hydrogen-bond donors (Lipinski definition) is 3. The minimum absolute atomic E-state index is 0.0750. The number of carbonyl (C=O) groups excluding carboxylic acids is 2. The SMILES string of the molecule is CCCNC(=O)CN1CCC(NC(=O)Nc2cccc(Cn3cccn3)c2)CC1. The molecule has 3 rings (SSSR count). The zero-order valence-electron chi connectivity index (χ0n) is 16.9. The van der Waals surface area contributed by atoms with Gasteiger partial charge in [0.1, 0.15) is 0 Å². The van der Waals surface area contributed by atoms with Crippen molar-refractivity contribution in [2.45, 2.75) is 38.8 Å². The van der Waals surface area contributed by atoms with E-state index in [1.165, 1.54) is 0 Å². The van der Waals surface area contributed by atoms with Crippen molar-refractivity contribution >= 4 is 17.6 Å². The number of hydrogen-bond acceptors (Lipinski definition) is 4. The summed E-state index contributed by atoms with van der Waals surface area (Å²) in [5.41, 5.74) is 1.83. The van der Waals surface area contributed by atoms with Crippen LogP contribution in [0.1, 0.15) is 31.7 Å². The van der Waals surface area contributed by atoms with Crippen molar-refractivity contribution in [3.8, 4) is 0 Å². The van der Waals surface area contributed by atoms with Crippen LogP contribution in [0, 0.1) is 0 Å². The van der Waals surface area contributed by atoms with E-state index in [0.29, 0.717) is 13.1 Å². The van der Waals surface area contributed by atoms with Crippen LogP contribution in [0.2, 0.25) is 0 Å². The van der Waals surface area contributed by atoms with Gasteiger partial charge in [0, 0.05) is 43.8 Å². The van der Waals surface area contributed by atoms with Gasteiger partial charge in [-0.3, -0.25) is 14.4 Å². The molecule has 29 heavy (non-hydrogen) atoms. The fourth-order valence-corrected chi connectivity index (χ4v) is 3.44. The van der Waals surface area contributed by atoms with Gasteiger partial charge in [-0.25, -0.2) is 4.79 Å². The molecule has 1 aliphatic heterocycles. The van der Waals surface area contributed by atoms with Crippen molar-refractivity contribution in [1.29, 1.82) is 0 Å². The molecule has 2 heterocycles. The number of amides is 3. The van der Waals surface area contributed by atoms with Gasteiger partial charge < -0.3 is 16.0 Å². The molecule has 2 aromatic rings. The lowest BCUT2D eigenvalue weighted by Gasteiger charge is -2.31. The summed E-state index contributed by atoms with van der Waals surface area (Å²) in [4.78, 5) is 26.3. The first kappa shape index (κ1) is 20.9. The van der Waals surface area contributed by atoms with Gasteiger partial charge in [-0.1, -0.05) is 19.1 Å². The number of nitrogens with zero attached hydrogens (tertiary/aromatic N) is 3. The molecule has 0 saturated carbocycles. The monoisotopic (exact) mass is 398 g/mol. The van der Waals surface area contributed by atoms with Gasteiger partial charge in [0.25, 0.3) is 0 Å². The summed E-state index contributed by atoms with van der Waals surface area (Å²) in [5, 5.41) is 13.1. The van der Waals surface area contributed by atoms with E-state index in [-0.39, 0.29) is 18.0 Å². The van der Waals surface area contributed by atoms with E-state index >= 15 is 0 Å². The van der Waals surface area contributed by atoms with E-state index in [1.807, 2.05) is 48.1 Å². The van der Waals surface area contributed by atoms with Crippen LogP contribution in [0.5, 0.6) is 0 Å². The molecule has 0 radical (unpaired) electrons. The minimum atomic E-state index is -0.194. The predicted molar refractivity (Wildman–Crippen MR) is 113 cm³/mol. The highest BCUT2D eigenvalue weighted by atomic mass is 16.2. The Morgan fingerprint density at radius 3 is 2.76 bits per heavy atom. The van der Waals surface area contributed by atoms with Crippen molar-refractivity contribution in [3.05, 3.63) is 48.3 Å². The fourth-order valence-electron chi connectivity index (χ4n) is 3.44. The van der Waals surface area contributed by atoms with Crippen molar-refractivity contribution in [2.24, 2.45) is 0 Å². The zero-order valence-corrected chi connectivity index (χ0v) is 16.9. The molecule has 8 heteroatoms. The largest absolute Gasteiger partial charge is 0.355 e. The fraction of sp³-hybridized carbons (Fsp3) is 0.476. The van der Waals surface area contributed by atoms with Gasteiger partial charge in [0.2, 0.25) is 5.91 Å². The predicted octanol–water partition coefficient (Wildman–Crippen LogP) is 2.04. The Labute approximate surface area is 171 Å². The molecule has 1 fully saturated rings. The molecular weight excluding hydrogens is 368 g/mol. The van der Waals surface area contributed by atoms with E-state index in [9.17, 15) is 9.59 Å². The molecule has 1 aromatic carbocycles. The van der Waals surface area contributed by atoms with Crippen LogP contribution in [0.3, 0.4) is 0 Å². The second-order valence-electron chi connectivity index (χ2n) is 7.40. The summed E-state index contributed by atoms with van der Waals surface area (Å²) in [7, 11) is 0. The third-order valence-electron chi connectivity index (χ3n) is 4.95. The highest BCUT2D eigenvalue weighted by Crippen LogP contribution is 2.13. The summed E-state index contributed by atoms with van der Waals surface area (Å²) >= 11 is 0. The van der Waals surface area contributed by atoms with Gasteiger partial charge in [-0.05, 0) is 43.0 Å². The third kappa shape index (κ3) is 6.90. The molecule has 0 bridgehead atoms. The maximum Gasteiger partial charge on any atom is 0.319 e. The number of aromatic nitrogens is 2. The summed E-state index contributed by atoms with van der Waals surface area (Å²) in [5.74, 6) is 0.0750. The highest BCUT2D eigenvalue weighted by molar-refractivity contribution is 5.89. The lowest BCUT2D eigenvalue weighted by atomic mass is 10.1. The van der Waals surface area contributed by atoms with Gasteiger partial charge in [-0.2, -0.15) is 5.10 Å². The van der Waals surface area contributed by atoms with E-state index in [0.717, 1.165) is 50.1 Å². The van der Waals surface area contributed by atoms with Crippen LogP contribution in [-0.2, 0) is 11.3 Å². The smallest absolute Gasteiger partial charge is 0.319 e. The average Bonchev–Trinajstić information content (AvgIpc) is 3.21. The van der Waals surface area contributed by atoms with Crippen molar-refractivity contribution in [1.82, 2.24) is 25.3 Å². The van der Waals surface area contributed by atoms with Crippen LogP contribution < -0.4 is 16.0 Å². The lowest BCUT2D eigenvalue weighted by molar-refractivity contribution is -0.122. The molecular formula is C21H30N6O2. The number of carbonyl (C=O) groups is 2. The van der Waals surface area contributed by atoms with Crippen molar-refractivity contribution in [3.63, 3.8) is 0 Å². The first-order valence-corrected chi connectivity index (χ1v) is 10.3. The van der Waals surface area contributed by atoms with Gasteiger partial charge in [0.15, 0.2) is 0 Å². The first-order valence-electron chi connectivity index (χ1n) is 10.3. The summed E-state index contributed by atoms with van der Waals surface area (Å²) in [6.45, 7) is 5.47. The molecule has 0 aliphatic carbocycles. The topological polar surface area (TPSA) is 91.3 Å². The van der Waals surface area contributed by atoms with E-state index in [4.69, 9.17) is 0 Å². The van der Waals surface area contributed by atoms with E-state index in [1.54, 1.807) is 6.20 Å². The standard InChI is InChI=1S/C21H30N6O2/c1-2-9-22-20(28)16-26-12-7-18(8-13-26)24-21(29)25-19-6-3-5-17(14-19)15-27-11-4-10-23-27/h3-6,10-11,14,18H,2,7-9,12-13,15-16H2,1H3,(H,22,28)(H2,24,25,29). The molecule has 8 nitrogen and oxygen atoms in total.